The zero-order valence-corrected chi connectivity index (χ0v) is 11.0. The second-order valence-electron chi connectivity index (χ2n) is 4.86. The van der Waals surface area contributed by atoms with E-state index >= 15 is 0 Å². The van der Waals surface area contributed by atoms with Crippen LogP contribution in [0.25, 0.3) is 0 Å². The molecule has 1 rings (SSSR count). The van der Waals surface area contributed by atoms with Crippen molar-refractivity contribution in [3.8, 4) is 0 Å². The van der Waals surface area contributed by atoms with Crippen LogP contribution in [0.2, 0.25) is 0 Å². The molecule has 0 aliphatic heterocycles. The molecule has 1 atom stereocenters. The van der Waals surface area contributed by atoms with Crippen LogP contribution in [0.15, 0.2) is 10.9 Å². The summed E-state index contributed by atoms with van der Waals surface area (Å²) in [4.78, 5) is 4.37. The fourth-order valence-corrected chi connectivity index (χ4v) is 2.08. The van der Waals surface area contributed by atoms with Crippen molar-refractivity contribution in [2.24, 2.45) is 5.41 Å². The van der Waals surface area contributed by atoms with Crippen molar-refractivity contribution in [3.63, 3.8) is 0 Å². The second kappa shape index (κ2) is 5.61. The molecule has 1 unspecified atom stereocenters. The number of rotatable bonds is 6. The fourth-order valence-electron chi connectivity index (χ4n) is 1.53. The molecule has 0 fully saturated rings. The molecular weight excluding hydrogens is 204 g/mol. The zero-order valence-electron chi connectivity index (χ0n) is 10.2. The maximum atomic E-state index is 4.37. The highest BCUT2D eigenvalue weighted by atomic mass is 32.1. The Kier molecular flexibility index (Phi) is 4.74. The van der Waals surface area contributed by atoms with Crippen LogP contribution in [0, 0.1) is 5.41 Å². The summed E-state index contributed by atoms with van der Waals surface area (Å²) in [5.74, 6) is 0. The largest absolute Gasteiger partial charge is 0.314 e. The lowest BCUT2D eigenvalue weighted by molar-refractivity contribution is 0.279. The third-order valence-electron chi connectivity index (χ3n) is 2.88. The standard InChI is InChI=1S/C12H22N2S/c1-5-12(4,8-13-10(2)3)6-11-7-15-9-14-11/h7,9-10,13H,5-6,8H2,1-4H3. The normalized spacial score (nSPS) is 15.5. The molecule has 0 spiro atoms. The van der Waals surface area contributed by atoms with Gasteiger partial charge in [-0.15, -0.1) is 11.3 Å². The number of aromatic nitrogens is 1. The quantitative estimate of drug-likeness (QED) is 0.806. The maximum Gasteiger partial charge on any atom is 0.0794 e. The summed E-state index contributed by atoms with van der Waals surface area (Å²) < 4.78 is 0. The third-order valence-corrected chi connectivity index (χ3v) is 3.52. The Labute approximate surface area is 97.1 Å². The van der Waals surface area contributed by atoms with Gasteiger partial charge in [-0.05, 0) is 18.3 Å². The minimum absolute atomic E-state index is 0.332. The van der Waals surface area contributed by atoms with E-state index in [9.17, 15) is 0 Å². The van der Waals surface area contributed by atoms with Crippen LogP contribution in [0.1, 0.15) is 39.8 Å². The van der Waals surface area contributed by atoms with Crippen LogP contribution in [0.5, 0.6) is 0 Å². The summed E-state index contributed by atoms with van der Waals surface area (Å²) in [6, 6.07) is 0.561. The minimum atomic E-state index is 0.332. The summed E-state index contributed by atoms with van der Waals surface area (Å²) in [5, 5.41) is 5.68. The van der Waals surface area contributed by atoms with Crippen molar-refractivity contribution >= 4 is 11.3 Å². The van der Waals surface area contributed by atoms with Crippen LogP contribution >= 0.6 is 11.3 Å². The first-order valence-electron chi connectivity index (χ1n) is 5.66. The van der Waals surface area contributed by atoms with Crippen molar-refractivity contribution in [2.45, 2.75) is 46.6 Å². The molecule has 0 aliphatic rings. The first kappa shape index (κ1) is 12.7. The monoisotopic (exact) mass is 226 g/mol. The number of hydrogen-bond acceptors (Lipinski definition) is 3. The molecule has 2 nitrogen and oxygen atoms in total. The van der Waals surface area contributed by atoms with Gasteiger partial charge < -0.3 is 5.32 Å². The molecule has 0 radical (unpaired) electrons. The second-order valence-corrected chi connectivity index (χ2v) is 5.58. The van der Waals surface area contributed by atoms with E-state index in [1.54, 1.807) is 11.3 Å². The Bertz CT molecular complexity index is 269. The highest BCUT2D eigenvalue weighted by molar-refractivity contribution is 7.07. The van der Waals surface area contributed by atoms with Gasteiger partial charge in [0.15, 0.2) is 0 Å². The molecule has 1 aromatic rings. The first-order chi connectivity index (χ1) is 7.06. The summed E-state index contributed by atoms with van der Waals surface area (Å²) >= 11 is 1.68. The molecule has 0 aliphatic carbocycles. The number of hydrogen-bond donors (Lipinski definition) is 1. The highest BCUT2D eigenvalue weighted by Crippen LogP contribution is 2.25. The van der Waals surface area contributed by atoms with Crippen molar-refractivity contribution in [3.05, 3.63) is 16.6 Å². The van der Waals surface area contributed by atoms with E-state index in [4.69, 9.17) is 0 Å². The Hall–Kier alpha value is -0.410. The minimum Gasteiger partial charge on any atom is -0.314 e. The first-order valence-corrected chi connectivity index (χ1v) is 6.60. The lowest BCUT2D eigenvalue weighted by Crippen LogP contribution is -2.36. The van der Waals surface area contributed by atoms with Crippen LogP contribution in [-0.2, 0) is 6.42 Å². The zero-order chi connectivity index (χ0) is 11.3. The molecule has 3 heteroatoms. The molecule has 0 saturated carbocycles. The molecule has 0 aromatic carbocycles. The topological polar surface area (TPSA) is 24.9 Å². The Morgan fingerprint density at radius 2 is 2.27 bits per heavy atom. The van der Waals surface area contributed by atoms with Gasteiger partial charge in [-0.25, -0.2) is 4.98 Å². The van der Waals surface area contributed by atoms with Crippen LogP contribution in [0.4, 0.5) is 0 Å². The predicted octanol–water partition coefficient (Wildman–Crippen LogP) is 3.10. The lowest BCUT2D eigenvalue weighted by Gasteiger charge is -2.29. The van der Waals surface area contributed by atoms with Crippen LogP contribution in [0.3, 0.4) is 0 Å². The van der Waals surface area contributed by atoms with E-state index in [0.717, 1.165) is 13.0 Å². The van der Waals surface area contributed by atoms with Gasteiger partial charge in [0.1, 0.15) is 0 Å². The molecule has 1 aromatic heterocycles. The average molecular weight is 226 g/mol. The predicted molar refractivity (Wildman–Crippen MR) is 67.4 cm³/mol. The summed E-state index contributed by atoms with van der Waals surface area (Å²) in [5.41, 5.74) is 3.48. The van der Waals surface area contributed by atoms with Gasteiger partial charge in [-0.1, -0.05) is 27.7 Å². The molecule has 1 N–H and O–H groups in total. The molecule has 0 amide bonds. The Morgan fingerprint density at radius 1 is 1.53 bits per heavy atom. The number of nitrogens with zero attached hydrogens (tertiary/aromatic N) is 1. The Balaban J connectivity index is 2.52. The average Bonchev–Trinajstić information content (AvgIpc) is 2.67. The smallest absolute Gasteiger partial charge is 0.0794 e. The molecular formula is C12H22N2S. The van der Waals surface area contributed by atoms with E-state index in [-0.39, 0.29) is 0 Å². The van der Waals surface area contributed by atoms with Gasteiger partial charge in [-0.3, -0.25) is 0 Å². The number of nitrogens with one attached hydrogen (secondary N) is 1. The molecule has 0 bridgehead atoms. The van der Waals surface area contributed by atoms with Crippen LogP contribution in [-0.4, -0.2) is 17.6 Å². The van der Waals surface area contributed by atoms with Crippen molar-refractivity contribution < 1.29 is 0 Å². The van der Waals surface area contributed by atoms with E-state index in [1.165, 1.54) is 12.1 Å². The van der Waals surface area contributed by atoms with E-state index in [1.807, 2.05) is 5.51 Å². The number of thiazole rings is 1. The third kappa shape index (κ3) is 4.31. The summed E-state index contributed by atoms with van der Waals surface area (Å²) in [6.45, 7) is 10.0. The molecule has 1 heterocycles. The van der Waals surface area contributed by atoms with Gasteiger partial charge >= 0.3 is 0 Å². The maximum absolute atomic E-state index is 4.37. The lowest BCUT2D eigenvalue weighted by atomic mass is 9.82. The van der Waals surface area contributed by atoms with Gasteiger partial charge in [0.25, 0.3) is 0 Å². The van der Waals surface area contributed by atoms with Crippen molar-refractivity contribution in [1.82, 2.24) is 10.3 Å². The molecule has 86 valence electrons. The van der Waals surface area contributed by atoms with Gasteiger partial charge in [-0.2, -0.15) is 0 Å². The summed E-state index contributed by atoms with van der Waals surface area (Å²) in [6.07, 6.45) is 2.26. The van der Waals surface area contributed by atoms with Gasteiger partial charge in [0.2, 0.25) is 0 Å². The summed E-state index contributed by atoms with van der Waals surface area (Å²) in [7, 11) is 0. The molecule has 15 heavy (non-hydrogen) atoms. The van der Waals surface area contributed by atoms with Crippen LogP contribution < -0.4 is 5.32 Å². The van der Waals surface area contributed by atoms with Gasteiger partial charge in [0.05, 0.1) is 11.2 Å². The SMILES string of the molecule is CCC(C)(CNC(C)C)Cc1cscn1. The van der Waals surface area contributed by atoms with Crippen molar-refractivity contribution in [1.29, 1.82) is 0 Å². The van der Waals surface area contributed by atoms with E-state index in [2.05, 4.69) is 43.4 Å². The van der Waals surface area contributed by atoms with Crippen molar-refractivity contribution in [2.75, 3.05) is 6.54 Å². The molecule has 0 saturated heterocycles. The Morgan fingerprint density at radius 3 is 2.73 bits per heavy atom. The fraction of sp³-hybridized carbons (Fsp3) is 0.750. The van der Waals surface area contributed by atoms with E-state index < -0.39 is 0 Å². The highest BCUT2D eigenvalue weighted by Gasteiger charge is 2.23. The van der Waals surface area contributed by atoms with Gasteiger partial charge in [0, 0.05) is 18.0 Å². The van der Waals surface area contributed by atoms with E-state index in [0.29, 0.717) is 11.5 Å².